The number of carboxylic acid groups (broad SMARTS) is 1. The lowest BCUT2D eigenvalue weighted by Gasteiger charge is -2.01. The highest BCUT2D eigenvalue weighted by atomic mass is 16.4. The Morgan fingerprint density at radius 3 is 1.39 bits per heavy atom. The fraction of sp³-hybridized carbons (Fsp3) is 0.938. The van der Waals surface area contributed by atoms with Crippen LogP contribution in [0.3, 0.4) is 0 Å². The molecule has 2 nitrogen and oxygen atoms in total. The van der Waals surface area contributed by atoms with Gasteiger partial charge in [0, 0.05) is 6.42 Å². The third kappa shape index (κ3) is 20.8. The molecule has 0 fully saturated rings. The van der Waals surface area contributed by atoms with Crippen LogP contribution in [0.5, 0.6) is 0 Å². The summed E-state index contributed by atoms with van der Waals surface area (Å²) < 4.78 is 0. The summed E-state index contributed by atoms with van der Waals surface area (Å²) in [4.78, 5) is 10.3. The second-order valence-electron chi connectivity index (χ2n) is 4.68. The summed E-state index contributed by atoms with van der Waals surface area (Å²) in [5, 5.41) is 8.46. The number of unbranched alkanes of at least 4 members (excludes halogenated alkanes) is 10. The zero-order valence-electron chi connectivity index (χ0n) is 12.8. The number of hydrogen-bond donors (Lipinski definition) is 1. The van der Waals surface area contributed by atoms with Gasteiger partial charge >= 0.3 is 5.97 Å². The largest absolute Gasteiger partial charge is 0.481 e. The fourth-order valence-corrected chi connectivity index (χ4v) is 1.94. The molecule has 0 aliphatic rings. The van der Waals surface area contributed by atoms with Crippen LogP contribution in [0.1, 0.15) is 97.8 Å². The van der Waals surface area contributed by atoms with E-state index in [2.05, 4.69) is 6.92 Å². The summed E-state index contributed by atoms with van der Waals surface area (Å²) in [5.74, 6) is -0.657. The van der Waals surface area contributed by atoms with Gasteiger partial charge in [-0.25, -0.2) is 0 Å². The number of hydrogen-bond acceptors (Lipinski definition) is 1. The molecule has 0 atom stereocenters. The van der Waals surface area contributed by atoms with E-state index in [1.807, 2.05) is 13.8 Å². The van der Waals surface area contributed by atoms with Crippen LogP contribution in [-0.4, -0.2) is 11.1 Å². The zero-order valence-corrected chi connectivity index (χ0v) is 12.8. The molecule has 1 N–H and O–H groups in total. The highest BCUT2D eigenvalue weighted by Crippen LogP contribution is 2.11. The quantitative estimate of drug-likeness (QED) is 0.449. The molecule has 0 saturated heterocycles. The van der Waals surface area contributed by atoms with E-state index in [0.717, 1.165) is 12.8 Å². The van der Waals surface area contributed by atoms with Crippen LogP contribution in [-0.2, 0) is 4.79 Å². The molecule has 0 spiro atoms. The van der Waals surface area contributed by atoms with E-state index in [1.54, 1.807) is 0 Å². The van der Waals surface area contributed by atoms with Crippen LogP contribution in [0.2, 0.25) is 0 Å². The van der Waals surface area contributed by atoms with E-state index in [4.69, 9.17) is 5.11 Å². The van der Waals surface area contributed by atoms with Gasteiger partial charge < -0.3 is 5.11 Å². The summed E-state index contributed by atoms with van der Waals surface area (Å²) in [6.07, 6.45) is 14.4. The Hall–Kier alpha value is -0.530. The minimum absolute atomic E-state index is 0.344. The zero-order chi connectivity index (χ0) is 14.1. The molecule has 0 radical (unpaired) electrons. The highest BCUT2D eigenvalue weighted by molar-refractivity contribution is 5.66. The predicted molar refractivity (Wildman–Crippen MR) is 80.1 cm³/mol. The van der Waals surface area contributed by atoms with E-state index in [0.29, 0.717) is 6.42 Å². The molecule has 0 unspecified atom stereocenters. The van der Waals surface area contributed by atoms with Gasteiger partial charge in [0.25, 0.3) is 0 Å². The first-order valence-electron chi connectivity index (χ1n) is 7.99. The average Bonchev–Trinajstić information content (AvgIpc) is 2.38. The van der Waals surface area contributed by atoms with E-state index in [1.165, 1.54) is 57.8 Å². The number of rotatable bonds is 12. The maximum Gasteiger partial charge on any atom is 0.303 e. The van der Waals surface area contributed by atoms with Crippen molar-refractivity contribution in [3.05, 3.63) is 0 Å². The van der Waals surface area contributed by atoms with Gasteiger partial charge in [0.1, 0.15) is 0 Å². The van der Waals surface area contributed by atoms with E-state index < -0.39 is 5.97 Å². The normalized spacial score (nSPS) is 9.72. The van der Waals surface area contributed by atoms with Crippen molar-refractivity contribution in [1.82, 2.24) is 0 Å². The summed E-state index contributed by atoms with van der Waals surface area (Å²) in [6.45, 7) is 6.25. The predicted octanol–water partition coefficient (Wildman–Crippen LogP) is 5.80. The molecule has 18 heavy (non-hydrogen) atoms. The minimum Gasteiger partial charge on any atom is -0.481 e. The summed E-state index contributed by atoms with van der Waals surface area (Å²) in [6, 6.07) is 0. The Balaban J connectivity index is 0. The lowest BCUT2D eigenvalue weighted by molar-refractivity contribution is -0.137. The van der Waals surface area contributed by atoms with Gasteiger partial charge in [-0.2, -0.15) is 0 Å². The van der Waals surface area contributed by atoms with Crippen LogP contribution in [0.15, 0.2) is 0 Å². The smallest absolute Gasteiger partial charge is 0.303 e. The highest BCUT2D eigenvalue weighted by Gasteiger charge is 1.96. The third-order valence-corrected chi connectivity index (χ3v) is 2.99. The maximum absolute atomic E-state index is 10.3. The molecule has 0 amide bonds. The monoisotopic (exact) mass is 258 g/mol. The topological polar surface area (TPSA) is 37.3 Å². The fourth-order valence-electron chi connectivity index (χ4n) is 1.94. The van der Waals surface area contributed by atoms with Gasteiger partial charge in [-0.1, -0.05) is 85.0 Å². The second kappa shape index (κ2) is 18.8. The van der Waals surface area contributed by atoms with E-state index >= 15 is 0 Å². The molecule has 0 aliphatic carbocycles. The molecule has 0 aromatic rings. The molecule has 0 rings (SSSR count). The Labute approximate surface area is 114 Å². The van der Waals surface area contributed by atoms with Crippen molar-refractivity contribution >= 4 is 5.97 Å². The Bertz CT molecular complexity index is 155. The minimum atomic E-state index is -0.657. The van der Waals surface area contributed by atoms with Crippen molar-refractivity contribution in [2.24, 2.45) is 0 Å². The molecular weight excluding hydrogens is 224 g/mol. The molecule has 0 aromatic heterocycles. The average molecular weight is 258 g/mol. The maximum atomic E-state index is 10.3. The lowest BCUT2D eigenvalue weighted by Crippen LogP contribution is -1.93. The van der Waals surface area contributed by atoms with Crippen molar-refractivity contribution in [1.29, 1.82) is 0 Å². The molecule has 0 bridgehead atoms. The van der Waals surface area contributed by atoms with Gasteiger partial charge in [-0.15, -0.1) is 0 Å². The summed E-state index contributed by atoms with van der Waals surface area (Å²) in [7, 11) is 0. The summed E-state index contributed by atoms with van der Waals surface area (Å²) in [5.41, 5.74) is 0. The van der Waals surface area contributed by atoms with Crippen LogP contribution in [0, 0.1) is 0 Å². The number of carbonyl (C=O) groups is 1. The first-order valence-corrected chi connectivity index (χ1v) is 7.99. The lowest BCUT2D eigenvalue weighted by atomic mass is 10.1. The van der Waals surface area contributed by atoms with E-state index in [-0.39, 0.29) is 0 Å². The van der Waals surface area contributed by atoms with Crippen molar-refractivity contribution in [2.45, 2.75) is 97.8 Å². The molecule has 0 saturated carbocycles. The van der Waals surface area contributed by atoms with Crippen molar-refractivity contribution in [3.63, 3.8) is 0 Å². The van der Waals surface area contributed by atoms with Crippen molar-refractivity contribution in [3.8, 4) is 0 Å². The Morgan fingerprint density at radius 2 is 1.06 bits per heavy atom. The van der Waals surface area contributed by atoms with Crippen LogP contribution >= 0.6 is 0 Å². The van der Waals surface area contributed by atoms with Gasteiger partial charge in [-0.3, -0.25) is 4.79 Å². The first kappa shape index (κ1) is 19.8. The van der Waals surface area contributed by atoms with Crippen LogP contribution in [0.25, 0.3) is 0 Å². The number of aliphatic carboxylic acids is 1. The molecule has 110 valence electrons. The van der Waals surface area contributed by atoms with E-state index in [9.17, 15) is 4.79 Å². The molecule has 0 aromatic carbocycles. The van der Waals surface area contributed by atoms with Gasteiger partial charge in [0.05, 0.1) is 0 Å². The van der Waals surface area contributed by atoms with Crippen molar-refractivity contribution < 1.29 is 9.90 Å². The van der Waals surface area contributed by atoms with Crippen molar-refractivity contribution in [2.75, 3.05) is 0 Å². The van der Waals surface area contributed by atoms with Crippen LogP contribution in [0.4, 0.5) is 0 Å². The molecular formula is C16H34O2. The molecule has 0 heterocycles. The molecule has 0 aliphatic heterocycles. The second-order valence-corrected chi connectivity index (χ2v) is 4.68. The first-order chi connectivity index (χ1) is 8.77. The summed E-state index contributed by atoms with van der Waals surface area (Å²) >= 11 is 0. The molecule has 2 heteroatoms. The Morgan fingerprint density at radius 1 is 0.722 bits per heavy atom. The Kier molecular flexibility index (Phi) is 20.7. The third-order valence-electron chi connectivity index (χ3n) is 2.99. The van der Waals surface area contributed by atoms with Gasteiger partial charge in [0.2, 0.25) is 0 Å². The van der Waals surface area contributed by atoms with Gasteiger partial charge in [-0.05, 0) is 6.42 Å². The number of carboxylic acids is 1. The van der Waals surface area contributed by atoms with Crippen LogP contribution < -0.4 is 0 Å². The van der Waals surface area contributed by atoms with Gasteiger partial charge in [0.15, 0.2) is 0 Å². The SMILES string of the molecule is CC.CCCCCCCCCCCCCC(=O)O. The standard InChI is InChI=1S/C14H28O2.C2H6/c1-2-3-4-5-6-7-8-9-10-11-12-13-14(15)16;1-2/h2-13H2,1H3,(H,15,16);1-2H3.